The fourth-order valence-electron chi connectivity index (χ4n) is 3.41. The minimum absolute atomic E-state index is 0.0706. The van der Waals surface area contributed by atoms with Crippen LogP contribution in [0.3, 0.4) is 0 Å². The van der Waals surface area contributed by atoms with Crippen LogP contribution < -0.4 is 5.32 Å². The molecule has 4 rings (SSSR count). The molecule has 0 saturated heterocycles. The lowest BCUT2D eigenvalue weighted by molar-refractivity contribution is -0.116. The molecule has 1 amide bonds. The number of nitrogens with zero attached hydrogens (tertiary/aromatic N) is 4. The van der Waals surface area contributed by atoms with E-state index < -0.39 is 0 Å². The summed E-state index contributed by atoms with van der Waals surface area (Å²) in [6.45, 7) is -0.0859. The molecule has 0 saturated carbocycles. The zero-order chi connectivity index (χ0) is 19.5. The Kier molecular flexibility index (Phi) is 5.00. The lowest BCUT2D eigenvalue weighted by Gasteiger charge is -2.12. The number of fused-ring (bicyclic) bond motifs is 1. The molecule has 0 spiro atoms. The first-order valence-corrected chi connectivity index (χ1v) is 9.81. The van der Waals surface area contributed by atoms with Crippen LogP contribution in [-0.2, 0) is 24.2 Å². The predicted octanol–water partition coefficient (Wildman–Crippen LogP) is 2.96. The molecule has 0 radical (unpaired) electrons. The Morgan fingerprint density at radius 1 is 1.21 bits per heavy atom. The fourth-order valence-corrected chi connectivity index (χ4v) is 4.71. The minimum Gasteiger partial charge on any atom is -0.316 e. The highest BCUT2D eigenvalue weighted by atomic mass is 32.1. The minimum atomic E-state index is -0.322. The lowest BCUT2D eigenvalue weighted by Crippen LogP contribution is -2.20. The molecule has 3 aromatic rings. The molecule has 0 aliphatic heterocycles. The summed E-state index contributed by atoms with van der Waals surface area (Å²) in [4.78, 5) is 26.9. The highest BCUT2D eigenvalue weighted by Gasteiger charge is 2.27. The molecule has 1 aliphatic carbocycles. The number of aromatic nitrogens is 3. The predicted molar refractivity (Wildman–Crippen MR) is 104 cm³/mol. The van der Waals surface area contributed by atoms with Gasteiger partial charge in [0, 0.05) is 10.4 Å². The van der Waals surface area contributed by atoms with Crippen LogP contribution in [0.15, 0.2) is 36.7 Å². The van der Waals surface area contributed by atoms with Crippen molar-refractivity contribution in [2.75, 3.05) is 5.32 Å². The number of ketones is 1. The Morgan fingerprint density at radius 2 is 2.00 bits per heavy atom. The molecule has 0 bridgehead atoms. The number of benzene rings is 1. The van der Waals surface area contributed by atoms with Gasteiger partial charge >= 0.3 is 0 Å². The third kappa shape index (κ3) is 3.44. The second-order valence-electron chi connectivity index (χ2n) is 6.55. The molecule has 2 heterocycles. The van der Waals surface area contributed by atoms with E-state index in [2.05, 4.69) is 15.5 Å². The number of carbonyl (C=O) groups excluding carboxylic acids is 2. The molecular formula is C20H17N5O2S. The summed E-state index contributed by atoms with van der Waals surface area (Å²) < 4.78 is 1.38. The van der Waals surface area contributed by atoms with Gasteiger partial charge < -0.3 is 5.32 Å². The molecule has 0 atom stereocenters. The highest BCUT2D eigenvalue weighted by molar-refractivity contribution is 7.17. The standard InChI is InChI=1S/C20H17N5O2S/c21-10-16-24-22-12-25(16)11-17(26)23-20-18(14-8-4-5-9-15(14)28-20)19(27)13-6-2-1-3-7-13/h1-3,6-7,12H,4-5,8-9,11H2,(H,23,26). The number of nitrogens with one attached hydrogen (secondary N) is 1. The van der Waals surface area contributed by atoms with Crippen molar-refractivity contribution in [2.45, 2.75) is 32.2 Å². The van der Waals surface area contributed by atoms with Crippen molar-refractivity contribution in [3.05, 3.63) is 64.1 Å². The molecule has 2 aromatic heterocycles. The zero-order valence-electron chi connectivity index (χ0n) is 15.0. The van der Waals surface area contributed by atoms with Gasteiger partial charge in [0.15, 0.2) is 5.78 Å². The number of rotatable bonds is 5. The number of hydrogen-bond donors (Lipinski definition) is 1. The SMILES string of the molecule is N#Cc1nncn1CC(=O)Nc1sc2c(c1C(=O)c1ccccc1)CCCC2. The Bertz CT molecular complexity index is 1080. The average Bonchev–Trinajstić information content (AvgIpc) is 3.31. The van der Waals surface area contributed by atoms with E-state index in [-0.39, 0.29) is 24.1 Å². The number of carbonyl (C=O) groups is 2. The molecule has 1 aromatic carbocycles. The summed E-state index contributed by atoms with van der Waals surface area (Å²) >= 11 is 1.48. The van der Waals surface area contributed by atoms with E-state index in [1.807, 2.05) is 24.3 Å². The third-order valence-corrected chi connectivity index (χ3v) is 5.92. The summed E-state index contributed by atoms with van der Waals surface area (Å²) in [5.74, 6) is -0.324. The molecule has 8 heteroatoms. The van der Waals surface area contributed by atoms with Gasteiger partial charge in [-0.05, 0) is 31.2 Å². The molecule has 0 fully saturated rings. The molecule has 1 aliphatic rings. The van der Waals surface area contributed by atoms with Gasteiger partial charge in [0.25, 0.3) is 0 Å². The first kappa shape index (κ1) is 18.1. The Hall–Kier alpha value is -3.31. The van der Waals surface area contributed by atoms with E-state index in [9.17, 15) is 9.59 Å². The van der Waals surface area contributed by atoms with Gasteiger partial charge in [0.1, 0.15) is 23.9 Å². The number of aryl methyl sites for hydroxylation is 1. The fraction of sp³-hybridized carbons (Fsp3) is 0.250. The van der Waals surface area contributed by atoms with Gasteiger partial charge in [-0.25, -0.2) is 0 Å². The van der Waals surface area contributed by atoms with Crippen LogP contribution >= 0.6 is 11.3 Å². The van der Waals surface area contributed by atoms with E-state index >= 15 is 0 Å². The number of hydrogen-bond acceptors (Lipinski definition) is 6. The van der Waals surface area contributed by atoms with Crippen LogP contribution in [0.5, 0.6) is 0 Å². The van der Waals surface area contributed by atoms with E-state index in [1.54, 1.807) is 12.1 Å². The van der Waals surface area contributed by atoms with Gasteiger partial charge in [0.05, 0.1) is 5.56 Å². The van der Waals surface area contributed by atoms with E-state index in [4.69, 9.17) is 5.26 Å². The van der Waals surface area contributed by atoms with Crippen molar-refractivity contribution in [3.8, 4) is 6.07 Å². The molecular weight excluding hydrogens is 374 g/mol. The number of thiophene rings is 1. The normalized spacial score (nSPS) is 12.8. The van der Waals surface area contributed by atoms with Crippen molar-refractivity contribution >= 4 is 28.0 Å². The van der Waals surface area contributed by atoms with Crippen molar-refractivity contribution in [1.29, 1.82) is 5.26 Å². The summed E-state index contributed by atoms with van der Waals surface area (Å²) in [7, 11) is 0. The molecule has 7 nitrogen and oxygen atoms in total. The summed E-state index contributed by atoms with van der Waals surface area (Å²) in [6.07, 6.45) is 5.24. The van der Waals surface area contributed by atoms with Crippen LogP contribution in [0.4, 0.5) is 5.00 Å². The zero-order valence-corrected chi connectivity index (χ0v) is 15.8. The smallest absolute Gasteiger partial charge is 0.245 e. The van der Waals surface area contributed by atoms with E-state index in [0.717, 1.165) is 31.2 Å². The second-order valence-corrected chi connectivity index (χ2v) is 7.66. The van der Waals surface area contributed by atoms with Crippen LogP contribution in [0.2, 0.25) is 0 Å². The van der Waals surface area contributed by atoms with Crippen LogP contribution in [0.1, 0.15) is 45.0 Å². The quantitative estimate of drug-likeness (QED) is 0.674. The molecule has 28 heavy (non-hydrogen) atoms. The van der Waals surface area contributed by atoms with Crippen LogP contribution in [0, 0.1) is 11.3 Å². The number of nitriles is 1. The number of anilines is 1. The topological polar surface area (TPSA) is 101 Å². The van der Waals surface area contributed by atoms with Crippen molar-refractivity contribution in [3.63, 3.8) is 0 Å². The van der Waals surface area contributed by atoms with Gasteiger partial charge in [-0.1, -0.05) is 30.3 Å². The first-order valence-electron chi connectivity index (χ1n) is 8.99. The van der Waals surface area contributed by atoms with Gasteiger partial charge in [-0.3, -0.25) is 14.2 Å². The molecule has 1 N–H and O–H groups in total. The summed E-state index contributed by atoms with van der Waals surface area (Å²) in [5, 5.41) is 19.8. The highest BCUT2D eigenvalue weighted by Crippen LogP contribution is 2.39. The summed E-state index contributed by atoms with van der Waals surface area (Å²) in [6, 6.07) is 11.0. The van der Waals surface area contributed by atoms with E-state index in [1.165, 1.54) is 27.1 Å². The Morgan fingerprint density at radius 3 is 2.79 bits per heavy atom. The second kappa shape index (κ2) is 7.74. The number of amides is 1. The van der Waals surface area contributed by atoms with Crippen LogP contribution in [-0.4, -0.2) is 26.5 Å². The van der Waals surface area contributed by atoms with Crippen molar-refractivity contribution in [1.82, 2.24) is 14.8 Å². The van der Waals surface area contributed by atoms with Crippen molar-refractivity contribution in [2.24, 2.45) is 0 Å². The Balaban J connectivity index is 1.65. The maximum Gasteiger partial charge on any atom is 0.245 e. The summed E-state index contributed by atoms with van der Waals surface area (Å²) in [5.41, 5.74) is 2.26. The van der Waals surface area contributed by atoms with Gasteiger partial charge in [-0.15, -0.1) is 21.5 Å². The monoisotopic (exact) mass is 391 g/mol. The maximum absolute atomic E-state index is 13.2. The first-order chi connectivity index (χ1) is 13.7. The largest absolute Gasteiger partial charge is 0.316 e. The van der Waals surface area contributed by atoms with Gasteiger partial charge in [-0.2, -0.15) is 5.26 Å². The van der Waals surface area contributed by atoms with E-state index in [0.29, 0.717) is 16.1 Å². The van der Waals surface area contributed by atoms with Gasteiger partial charge in [0.2, 0.25) is 11.7 Å². The van der Waals surface area contributed by atoms with Crippen LogP contribution in [0.25, 0.3) is 0 Å². The third-order valence-electron chi connectivity index (χ3n) is 4.72. The maximum atomic E-state index is 13.2. The van der Waals surface area contributed by atoms with Crippen molar-refractivity contribution < 1.29 is 9.59 Å². The molecule has 140 valence electrons. The average molecular weight is 391 g/mol. The lowest BCUT2D eigenvalue weighted by atomic mass is 9.92. The Labute approximate surface area is 165 Å². The molecule has 0 unspecified atom stereocenters.